The van der Waals surface area contributed by atoms with Crippen molar-refractivity contribution in [3.05, 3.63) is 57.5 Å². The van der Waals surface area contributed by atoms with Crippen LogP contribution in [-0.2, 0) is 4.79 Å². The van der Waals surface area contributed by atoms with Crippen molar-refractivity contribution in [2.75, 3.05) is 25.0 Å². The zero-order valence-electron chi connectivity index (χ0n) is 16.6. The summed E-state index contributed by atoms with van der Waals surface area (Å²) in [6.45, 7) is 2.18. The molecule has 2 aromatic heterocycles. The van der Waals surface area contributed by atoms with Crippen LogP contribution in [0.4, 0.5) is 5.00 Å². The van der Waals surface area contributed by atoms with Crippen molar-refractivity contribution in [3.63, 3.8) is 0 Å². The van der Waals surface area contributed by atoms with Crippen LogP contribution in [0, 0.1) is 0 Å². The Kier molecular flexibility index (Phi) is 5.79. The summed E-state index contributed by atoms with van der Waals surface area (Å²) in [6.07, 6.45) is 3.73. The van der Waals surface area contributed by atoms with Crippen molar-refractivity contribution in [1.82, 2.24) is 15.2 Å². The van der Waals surface area contributed by atoms with Gasteiger partial charge in [-0.05, 0) is 37.6 Å². The van der Waals surface area contributed by atoms with E-state index in [1.165, 1.54) is 11.3 Å². The summed E-state index contributed by atoms with van der Waals surface area (Å²) in [5.41, 5.74) is 0.987. The first-order valence-corrected chi connectivity index (χ1v) is 12.2. The number of likely N-dealkylation sites (tertiary alicyclic amines) is 1. The molecule has 0 bridgehead atoms. The van der Waals surface area contributed by atoms with E-state index < -0.39 is 0 Å². The van der Waals surface area contributed by atoms with Crippen LogP contribution in [0.15, 0.2) is 42.6 Å². The number of nitrogens with zero attached hydrogens (tertiary/aromatic N) is 2. The molecule has 5 rings (SSSR count). The number of hydrogen-bond acceptors (Lipinski definition) is 6. The molecule has 0 unspecified atom stereocenters. The fourth-order valence-electron chi connectivity index (χ4n) is 3.86. The average Bonchev–Trinajstić information content (AvgIpc) is 3.49. The summed E-state index contributed by atoms with van der Waals surface area (Å²) in [6, 6.07) is 11.2. The maximum Gasteiger partial charge on any atom is 0.264 e. The van der Waals surface area contributed by atoms with Crippen LogP contribution in [0.25, 0.3) is 10.4 Å². The minimum absolute atomic E-state index is 0.00336. The summed E-state index contributed by atoms with van der Waals surface area (Å²) < 4.78 is 0. The number of anilines is 1. The van der Waals surface area contributed by atoms with E-state index >= 15 is 0 Å². The number of nitrogens with one attached hydrogen (secondary N) is 2. The number of aromatic nitrogens is 1. The molecule has 1 aromatic carbocycles. The number of benzene rings is 1. The lowest BCUT2D eigenvalue weighted by Gasteiger charge is -2.37. The van der Waals surface area contributed by atoms with Gasteiger partial charge >= 0.3 is 0 Å². The van der Waals surface area contributed by atoms with E-state index in [0.717, 1.165) is 34.8 Å². The Morgan fingerprint density at radius 1 is 1.16 bits per heavy atom. The van der Waals surface area contributed by atoms with Gasteiger partial charge in [-0.1, -0.05) is 29.8 Å². The summed E-state index contributed by atoms with van der Waals surface area (Å²) >= 11 is 9.26. The minimum atomic E-state index is -0.133. The SMILES string of the molecule is O=C(Nc1ccc(C(=O)N2CC(c3ncc(-c4ccccc4Cl)s3)C2)s1)[C@@H]1CCCN1. The van der Waals surface area contributed by atoms with Gasteiger partial charge in [-0.2, -0.15) is 0 Å². The third-order valence-corrected chi connectivity index (χ3v) is 8.13. The molecule has 31 heavy (non-hydrogen) atoms. The van der Waals surface area contributed by atoms with Crippen LogP contribution >= 0.6 is 34.3 Å². The first-order valence-electron chi connectivity index (χ1n) is 10.2. The van der Waals surface area contributed by atoms with E-state index in [1.807, 2.05) is 35.4 Å². The van der Waals surface area contributed by atoms with Crippen molar-refractivity contribution in [2.45, 2.75) is 24.8 Å². The Balaban J connectivity index is 1.18. The highest BCUT2D eigenvalue weighted by Gasteiger charge is 2.35. The molecule has 6 nitrogen and oxygen atoms in total. The average molecular weight is 473 g/mol. The van der Waals surface area contributed by atoms with E-state index in [-0.39, 0.29) is 23.8 Å². The van der Waals surface area contributed by atoms with E-state index in [9.17, 15) is 9.59 Å². The largest absolute Gasteiger partial charge is 0.336 e. The van der Waals surface area contributed by atoms with E-state index in [4.69, 9.17) is 11.6 Å². The lowest BCUT2D eigenvalue weighted by atomic mass is 10.0. The maximum atomic E-state index is 12.8. The van der Waals surface area contributed by atoms with Crippen molar-refractivity contribution in [3.8, 4) is 10.4 Å². The topological polar surface area (TPSA) is 74.3 Å². The van der Waals surface area contributed by atoms with Crippen molar-refractivity contribution in [2.24, 2.45) is 0 Å². The molecule has 2 aliphatic heterocycles. The summed E-state index contributed by atoms with van der Waals surface area (Å²) in [5, 5.41) is 8.56. The second-order valence-corrected chi connectivity index (χ2v) is 10.3. The summed E-state index contributed by atoms with van der Waals surface area (Å²) in [4.78, 5) is 33.1. The minimum Gasteiger partial charge on any atom is -0.336 e. The number of rotatable bonds is 5. The molecule has 160 valence electrons. The van der Waals surface area contributed by atoms with Crippen LogP contribution in [0.3, 0.4) is 0 Å². The highest BCUT2D eigenvalue weighted by atomic mass is 35.5. The number of amides is 2. The van der Waals surface area contributed by atoms with Gasteiger partial charge < -0.3 is 15.5 Å². The van der Waals surface area contributed by atoms with Gasteiger partial charge in [0, 0.05) is 35.8 Å². The van der Waals surface area contributed by atoms with Crippen LogP contribution in [-0.4, -0.2) is 47.4 Å². The van der Waals surface area contributed by atoms with Gasteiger partial charge in [-0.3, -0.25) is 9.59 Å². The van der Waals surface area contributed by atoms with Gasteiger partial charge in [0.05, 0.1) is 25.8 Å². The van der Waals surface area contributed by atoms with Crippen molar-refractivity contribution < 1.29 is 9.59 Å². The molecule has 2 aliphatic rings. The van der Waals surface area contributed by atoms with Gasteiger partial charge in [0.15, 0.2) is 0 Å². The van der Waals surface area contributed by atoms with Gasteiger partial charge in [0.1, 0.15) is 0 Å². The molecule has 1 atom stereocenters. The Labute approximate surface area is 193 Å². The highest BCUT2D eigenvalue weighted by Crippen LogP contribution is 2.37. The maximum absolute atomic E-state index is 12.8. The van der Waals surface area contributed by atoms with Gasteiger partial charge in [0.25, 0.3) is 5.91 Å². The van der Waals surface area contributed by atoms with Crippen LogP contribution in [0.1, 0.15) is 33.4 Å². The second kappa shape index (κ2) is 8.70. The number of hydrogen-bond donors (Lipinski definition) is 2. The van der Waals surface area contributed by atoms with Gasteiger partial charge in [-0.15, -0.1) is 22.7 Å². The monoisotopic (exact) mass is 472 g/mol. The van der Waals surface area contributed by atoms with Gasteiger partial charge in [-0.25, -0.2) is 4.98 Å². The zero-order chi connectivity index (χ0) is 21.4. The molecule has 0 aliphatic carbocycles. The lowest BCUT2D eigenvalue weighted by molar-refractivity contribution is -0.117. The Hall–Kier alpha value is -2.26. The third-order valence-electron chi connectivity index (χ3n) is 5.62. The standard InChI is InChI=1S/C22H21ClN4O2S2/c23-15-5-2-1-4-14(15)18-10-25-21(31-18)13-11-27(12-13)22(29)17-7-8-19(30-17)26-20(28)16-6-3-9-24-16/h1-2,4-5,7-8,10,13,16,24H,3,6,9,11-12H2,(H,26,28)/t16-/m0/s1. The molecule has 2 saturated heterocycles. The molecular formula is C22H21ClN4O2S2. The van der Waals surface area contributed by atoms with Crippen molar-refractivity contribution >= 4 is 51.1 Å². The summed E-state index contributed by atoms with van der Waals surface area (Å²) in [5.74, 6) is 0.224. The van der Waals surface area contributed by atoms with E-state index in [2.05, 4.69) is 15.6 Å². The van der Waals surface area contributed by atoms with Gasteiger partial charge in [0.2, 0.25) is 5.91 Å². The van der Waals surface area contributed by atoms with E-state index in [0.29, 0.717) is 28.0 Å². The predicted octanol–water partition coefficient (Wildman–Crippen LogP) is 4.46. The number of thiophene rings is 1. The fraction of sp³-hybridized carbons (Fsp3) is 0.318. The molecule has 0 spiro atoms. The Bertz CT molecular complexity index is 1120. The molecular weight excluding hydrogens is 452 g/mol. The molecule has 2 N–H and O–H groups in total. The van der Waals surface area contributed by atoms with Crippen LogP contribution in [0.2, 0.25) is 5.02 Å². The molecule has 0 saturated carbocycles. The third kappa shape index (κ3) is 4.25. The molecule has 2 amide bonds. The quantitative estimate of drug-likeness (QED) is 0.575. The molecule has 0 radical (unpaired) electrons. The van der Waals surface area contributed by atoms with Crippen LogP contribution in [0.5, 0.6) is 0 Å². The molecule has 2 fully saturated rings. The predicted molar refractivity (Wildman–Crippen MR) is 125 cm³/mol. The number of carbonyl (C=O) groups is 2. The number of halogens is 1. The lowest BCUT2D eigenvalue weighted by Crippen LogP contribution is -2.48. The smallest absolute Gasteiger partial charge is 0.264 e. The first kappa shape index (κ1) is 20.6. The number of carbonyl (C=O) groups excluding carboxylic acids is 2. The second-order valence-electron chi connectivity index (χ2n) is 7.75. The molecule has 3 aromatic rings. The molecule has 4 heterocycles. The highest BCUT2D eigenvalue weighted by molar-refractivity contribution is 7.18. The Morgan fingerprint density at radius 2 is 2.00 bits per heavy atom. The normalized spacial score (nSPS) is 18.7. The van der Waals surface area contributed by atoms with Crippen molar-refractivity contribution in [1.29, 1.82) is 0 Å². The first-order chi connectivity index (χ1) is 15.1. The number of thiazole rings is 1. The Morgan fingerprint density at radius 3 is 2.77 bits per heavy atom. The fourth-order valence-corrected chi connectivity index (χ4v) is 6.07. The van der Waals surface area contributed by atoms with Crippen LogP contribution < -0.4 is 10.6 Å². The van der Waals surface area contributed by atoms with E-state index in [1.54, 1.807) is 23.5 Å². The summed E-state index contributed by atoms with van der Waals surface area (Å²) in [7, 11) is 0. The zero-order valence-corrected chi connectivity index (χ0v) is 19.0. The molecule has 9 heteroatoms.